The Hall–Kier alpha value is -1.02. The van der Waals surface area contributed by atoms with E-state index in [0.29, 0.717) is 6.04 Å². The van der Waals surface area contributed by atoms with Crippen LogP contribution in [0.3, 0.4) is 0 Å². The van der Waals surface area contributed by atoms with Crippen molar-refractivity contribution in [3.8, 4) is 0 Å². The van der Waals surface area contributed by atoms with Crippen LogP contribution in [0.1, 0.15) is 52.5 Å². The molecule has 118 valence electrons. The Balaban J connectivity index is 2.11. The van der Waals surface area contributed by atoms with E-state index in [1.54, 1.807) is 0 Å². The zero-order valence-corrected chi connectivity index (χ0v) is 14.3. The summed E-state index contributed by atoms with van der Waals surface area (Å²) in [5.41, 5.74) is 3.26. The third-order valence-electron chi connectivity index (χ3n) is 4.93. The summed E-state index contributed by atoms with van der Waals surface area (Å²) in [5.74, 6) is 0. The highest BCUT2D eigenvalue weighted by Crippen LogP contribution is 2.30. The van der Waals surface area contributed by atoms with Crippen LogP contribution >= 0.6 is 0 Å². The largest absolute Gasteiger partial charge is 0.371 e. The minimum Gasteiger partial charge on any atom is -0.371 e. The van der Waals surface area contributed by atoms with Gasteiger partial charge in [-0.25, -0.2) is 0 Å². The number of nitrogens with zero attached hydrogens (tertiary/aromatic N) is 1. The van der Waals surface area contributed by atoms with Crippen molar-refractivity contribution >= 4 is 5.69 Å². The fourth-order valence-corrected chi connectivity index (χ4v) is 3.20. The molecule has 1 N–H and O–H groups in total. The van der Waals surface area contributed by atoms with Gasteiger partial charge in [0.15, 0.2) is 0 Å². The minimum absolute atomic E-state index is 0.270. The molecule has 0 aliphatic carbocycles. The number of hydrogen-bond donors (Lipinski definition) is 1. The van der Waals surface area contributed by atoms with E-state index in [2.05, 4.69) is 62.2 Å². The van der Waals surface area contributed by atoms with Gasteiger partial charge in [-0.2, -0.15) is 0 Å². The van der Waals surface area contributed by atoms with Crippen LogP contribution in [0.5, 0.6) is 0 Å². The fourth-order valence-electron chi connectivity index (χ4n) is 3.20. The van der Waals surface area contributed by atoms with Crippen LogP contribution in [0.25, 0.3) is 0 Å². The van der Waals surface area contributed by atoms with Gasteiger partial charge in [0, 0.05) is 24.8 Å². The van der Waals surface area contributed by atoms with Gasteiger partial charge in [-0.3, -0.25) is 0 Å². The Morgan fingerprint density at radius 3 is 2.76 bits per heavy atom. The van der Waals surface area contributed by atoms with E-state index in [1.165, 1.54) is 43.5 Å². The van der Waals surface area contributed by atoms with Gasteiger partial charge in [0.1, 0.15) is 0 Å². The van der Waals surface area contributed by atoms with E-state index in [1.807, 2.05) is 0 Å². The molecule has 2 rings (SSSR count). The molecular weight excluding hydrogens is 256 g/mol. The summed E-state index contributed by atoms with van der Waals surface area (Å²) in [6, 6.07) is 9.51. The molecule has 1 aliphatic rings. The van der Waals surface area contributed by atoms with E-state index in [9.17, 15) is 0 Å². The first kappa shape index (κ1) is 16.4. The minimum atomic E-state index is 0.270. The van der Waals surface area contributed by atoms with Crippen LogP contribution in [0, 0.1) is 5.41 Å². The molecule has 0 bridgehead atoms. The summed E-state index contributed by atoms with van der Waals surface area (Å²) in [5, 5.41) is 3.68. The van der Waals surface area contributed by atoms with Gasteiger partial charge in [-0.15, -0.1) is 0 Å². The molecule has 1 aromatic rings. The molecule has 1 aliphatic heterocycles. The molecule has 0 amide bonds. The number of fused-ring (bicyclic) bond motifs is 1. The average molecular weight is 288 g/mol. The lowest BCUT2D eigenvalue weighted by Crippen LogP contribution is -2.47. The summed E-state index contributed by atoms with van der Waals surface area (Å²) in [6.07, 6.45) is 5.06. The number of anilines is 1. The number of nitrogens with one attached hydrogen (secondary N) is 1. The maximum Gasteiger partial charge on any atom is 0.0398 e. The van der Waals surface area contributed by atoms with Crippen LogP contribution in [0.4, 0.5) is 5.69 Å². The van der Waals surface area contributed by atoms with E-state index >= 15 is 0 Å². The van der Waals surface area contributed by atoms with Gasteiger partial charge in [0.05, 0.1) is 0 Å². The molecule has 0 fully saturated rings. The van der Waals surface area contributed by atoms with Crippen LogP contribution in [-0.2, 0) is 6.42 Å². The van der Waals surface area contributed by atoms with Crippen LogP contribution in [-0.4, -0.2) is 25.7 Å². The van der Waals surface area contributed by atoms with Gasteiger partial charge >= 0.3 is 0 Å². The molecule has 2 heteroatoms. The van der Waals surface area contributed by atoms with Crippen molar-refractivity contribution < 1.29 is 0 Å². The molecule has 1 heterocycles. The second-order valence-electron chi connectivity index (χ2n) is 7.17. The van der Waals surface area contributed by atoms with Gasteiger partial charge in [0.25, 0.3) is 0 Å². The quantitative estimate of drug-likeness (QED) is 0.842. The number of para-hydroxylation sites is 1. The highest BCUT2D eigenvalue weighted by Gasteiger charge is 2.29. The summed E-state index contributed by atoms with van der Waals surface area (Å²) in [4.78, 5) is 2.62. The van der Waals surface area contributed by atoms with Crippen molar-refractivity contribution in [2.45, 2.75) is 59.4 Å². The van der Waals surface area contributed by atoms with E-state index in [4.69, 9.17) is 0 Å². The van der Waals surface area contributed by atoms with E-state index in [-0.39, 0.29) is 5.41 Å². The second kappa shape index (κ2) is 7.31. The van der Waals surface area contributed by atoms with Crippen LogP contribution < -0.4 is 10.2 Å². The molecule has 0 radical (unpaired) electrons. The fraction of sp³-hybridized carbons (Fsp3) is 0.684. The predicted molar refractivity (Wildman–Crippen MR) is 93.1 cm³/mol. The second-order valence-corrected chi connectivity index (χ2v) is 7.17. The lowest BCUT2D eigenvalue weighted by atomic mass is 9.84. The van der Waals surface area contributed by atoms with Crippen molar-refractivity contribution in [1.82, 2.24) is 5.32 Å². The van der Waals surface area contributed by atoms with Crippen molar-refractivity contribution in [3.05, 3.63) is 29.8 Å². The number of aryl methyl sites for hydroxylation is 1. The van der Waals surface area contributed by atoms with Crippen molar-refractivity contribution in [2.75, 3.05) is 24.5 Å². The van der Waals surface area contributed by atoms with E-state index in [0.717, 1.165) is 13.1 Å². The topological polar surface area (TPSA) is 15.3 Å². The molecule has 0 spiro atoms. The summed E-state index contributed by atoms with van der Waals surface area (Å²) >= 11 is 0. The maximum atomic E-state index is 3.68. The first-order valence-electron chi connectivity index (χ1n) is 8.61. The molecule has 1 aromatic carbocycles. The Kier molecular flexibility index (Phi) is 5.69. The predicted octanol–water partition coefficient (Wildman–Crippen LogP) is 4.24. The lowest BCUT2D eigenvalue weighted by Gasteiger charge is -2.39. The first-order valence-corrected chi connectivity index (χ1v) is 8.61. The van der Waals surface area contributed by atoms with E-state index < -0.39 is 0 Å². The number of benzene rings is 1. The monoisotopic (exact) mass is 288 g/mol. The smallest absolute Gasteiger partial charge is 0.0398 e. The Morgan fingerprint density at radius 1 is 1.24 bits per heavy atom. The Morgan fingerprint density at radius 2 is 2.00 bits per heavy atom. The van der Waals surface area contributed by atoms with Crippen LogP contribution in [0.15, 0.2) is 24.3 Å². The van der Waals surface area contributed by atoms with Gasteiger partial charge in [0.2, 0.25) is 0 Å². The zero-order chi connectivity index (χ0) is 15.3. The Bertz CT molecular complexity index is 439. The third-order valence-corrected chi connectivity index (χ3v) is 4.93. The molecular formula is C19H32N2. The maximum absolute atomic E-state index is 3.68. The zero-order valence-electron chi connectivity index (χ0n) is 14.3. The lowest BCUT2D eigenvalue weighted by molar-refractivity contribution is 0.260. The highest BCUT2D eigenvalue weighted by molar-refractivity contribution is 5.54. The summed E-state index contributed by atoms with van der Waals surface area (Å²) < 4.78 is 0. The standard InChI is InChI=1S/C19H32N2/c1-5-13-20-16(2)19(3,4)15-21-14-9-8-11-17-10-6-7-12-18(17)21/h6-7,10,12,16,20H,5,8-9,11,13-15H2,1-4H3. The molecule has 0 saturated heterocycles. The normalized spacial score (nSPS) is 17.2. The summed E-state index contributed by atoms with van der Waals surface area (Å²) in [7, 11) is 0. The number of rotatable bonds is 6. The molecule has 0 saturated carbocycles. The Labute approximate surface area is 130 Å². The molecule has 1 unspecified atom stereocenters. The number of hydrogen-bond acceptors (Lipinski definition) is 2. The molecule has 0 aromatic heterocycles. The first-order chi connectivity index (χ1) is 10.0. The summed E-state index contributed by atoms with van der Waals surface area (Å²) in [6.45, 7) is 12.8. The molecule has 2 nitrogen and oxygen atoms in total. The third kappa shape index (κ3) is 4.23. The van der Waals surface area contributed by atoms with Crippen molar-refractivity contribution in [2.24, 2.45) is 5.41 Å². The van der Waals surface area contributed by atoms with Crippen LogP contribution in [0.2, 0.25) is 0 Å². The van der Waals surface area contributed by atoms with Crippen molar-refractivity contribution in [3.63, 3.8) is 0 Å². The van der Waals surface area contributed by atoms with Gasteiger partial charge in [-0.05, 0) is 56.2 Å². The average Bonchev–Trinajstić information content (AvgIpc) is 2.67. The van der Waals surface area contributed by atoms with Gasteiger partial charge < -0.3 is 10.2 Å². The SMILES string of the molecule is CCCNC(C)C(C)(C)CN1CCCCc2ccccc21. The van der Waals surface area contributed by atoms with Gasteiger partial charge in [-0.1, -0.05) is 39.0 Å². The highest BCUT2D eigenvalue weighted by atomic mass is 15.1. The molecule has 1 atom stereocenters. The van der Waals surface area contributed by atoms with Crippen molar-refractivity contribution in [1.29, 1.82) is 0 Å². The molecule has 21 heavy (non-hydrogen) atoms.